The van der Waals surface area contributed by atoms with Crippen LogP contribution in [0.4, 0.5) is 10.1 Å². The first kappa shape index (κ1) is 16.6. The van der Waals surface area contributed by atoms with E-state index in [0.29, 0.717) is 15.8 Å². The summed E-state index contributed by atoms with van der Waals surface area (Å²) in [5.41, 5.74) is 0.157. The number of halogens is 2. The van der Waals surface area contributed by atoms with E-state index in [0.717, 1.165) is 0 Å². The van der Waals surface area contributed by atoms with Crippen LogP contribution < -0.4 is 10.1 Å². The van der Waals surface area contributed by atoms with E-state index in [-0.39, 0.29) is 23.5 Å². The highest BCUT2D eigenvalue weighted by molar-refractivity contribution is 9.10. The molecular weight excluding hydrogens is 377 g/mol. The Kier molecular flexibility index (Phi) is 4.17. The van der Waals surface area contributed by atoms with Crippen molar-refractivity contribution in [1.29, 1.82) is 0 Å². The largest absolute Gasteiger partial charge is 0.487 e. The Hall–Kier alpha value is -2.21. The lowest BCUT2D eigenvalue weighted by Gasteiger charge is -2.31. The van der Waals surface area contributed by atoms with Crippen molar-refractivity contribution >= 4 is 33.3 Å². The van der Waals surface area contributed by atoms with Gasteiger partial charge in [0.1, 0.15) is 17.2 Å². The number of ether oxygens (including phenoxy) is 1. The molecule has 0 fully saturated rings. The fourth-order valence-corrected chi connectivity index (χ4v) is 2.91. The van der Waals surface area contributed by atoms with Gasteiger partial charge in [0.25, 0.3) is 5.91 Å². The number of anilines is 1. The molecule has 2 aromatic carbocycles. The lowest BCUT2D eigenvalue weighted by atomic mass is 9.92. The number of ketones is 1. The molecule has 4 nitrogen and oxygen atoms in total. The fourth-order valence-electron chi connectivity index (χ4n) is 2.58. The Morgan fingerprint density at radius 3 is 2.71 bits per heavy atom. The normalized spacial score (nSPS) is 15.4. The SMILES string of the molecule is CC1(C)CC(=O)c2cc(C(=O)Nc3ccc(Br)cc3F)ccc2O1. The van der Waals surface area contributed by atoms with Crippen LogP contribution in [0.3, 0.4) is 0 Å². The molecule has 0 saturated heterocycles. The number of fused-ring (bicyclic) bond motifs is 1. The van der Waals surface area contributed by atoms with Gasteiger partial charge in [-0.1, -0.05) is 15.9 Å². The zero-order valence-electron chi connectivity index (χ0n) is 13.2. The van der Waals surface area contributed by atoms with Gasteiger partial charge in [-0.15, -0.1) is 0 Å². The minimum absolute atomic E-state index is 0.0737. The molecule has 0 atom stereocenters. The van der Waals surface area contributed by atoms with Crippen molar-refractivity contribution < 1.29 is 18.7 Å². The van der Waals surface area contributed by atoms with Gasteiger partial charge < -0.3 is 10.1 Å². The molecule has 0 unspecified atom stereocenters. The summed E-state index contributed by atoms with van der Waals surface area (Å²) in [7, 11) is 0. The van der Waals surface area contributed by atoms with Crippen molar-refractivity contribution in [3.8, 4) is 5.75 Å². The Bertz CT molecular complexity index is 848. The summed E-state index contributed by atoms with van der Waals surface area (Å²) in [6.07, 6.45) is 0.242. The summed E-state index contributed by atoms with van der Waals surface area (Å²) in [4.78, 5) is 24.6. The quantitative estimate of drug-likeness (QED) is 0.814. The van der Waals surface area contributed by atoms with Gasteiger partial charge in [0.15, 0.2) is 5.78 Å². The second kappa shape index (κ2) is 6.02. The Morgan fingerprint density at radius 1 is 1.25 bits per heavy atom. The van der Waals surface area contributed by atoms with Gasteiger partial charge in [-0.05, 0) is 50.2 Å². The number of carbonyl (C=O) groups excluding carboxylic acids is 2. The Balaban J connectivity index is 1.87. The molecule has 0 saturated carbocycles. The van der Waals surface area contributed by atoms with Crippen LogP contribution in [-0.4, -0.2) is 17.3 Å². The maximum Gasteiger partial charge on any atom is 0.255 e. The van der Waals surface area contributed by atoms with Crippen molar-refractivity contribution in [2.24, 2.45) is 0 Å². The number of amides is 1. The topological polar surface area (TPSA) is 55.4 Å². The molecule has 1 amide bonds. The highest BCUT2D eigenvalue weighted by Crippen LogP contribution is 2.33. The summed E-state index contributed by atoms with van der Waals surface area (Å²) in [5, 5.41) is 2.50. The van der Waals surface area contributed by atoms with Crippen LogP contribution in [0.2, 0.25) is 0 Å². The van der Waals surface area contributed by atoms with Crippen LogP contribution in [0.25, 0.3) is 0 Å². The van der Waals surface area contributed by atoms with E-state index >= 15 is 0 Å². The molecule has 1 aliphatic heterocycles. The molecule has 24 heavy (non-hydrogen) atoms. The zero-order valence-corrected chi connectivity index (χ0v) is 14.7. The van der Waals surface area contributed by atoms with Gasteiger partial charge in [-0.25, -0.2) is 4.39 Å². The molecule has 0 spiro atoms. The molecule has 6 heteroatoms. The molecule has 1 N–H and O–H groups in total. The van der Waals surface area contributed by atoms with Crippen molar-refractivity contribution in [2.45, 2.75) is 25.9 Å². The van der Waals surface area contributed by atoms with Crippen molar-refractivity contribution in [2.75, 3.05) is 5.32 Å². The first-order valence-electron chi connectivity index (χ1n) is 7.38. The molecule has 124 valence electrons. The lowest BCUT2D eigenvalue weighted by molar-refractivity contribution is 0.0620. The van der Waals surface area contributed by atoms with E-state index in [2.05, 4.69) is 21.2 Å². The first-order chi connectivity index (χ1) is 11.2. The number of hydrogen-bond donors (Lipinski definition) is 1. The van der Waals surface area contributed by atoms with E-state index in [1.807, 2.05) is 13.8 Å². The summed E-state index contributed by atoms with van der Waals surface area (Å²) < 4.78 is 20.2. The molecule has 3 rings (SSSR count). The van der Waals surface area contributed by atoms with E-state index in [1.54, 1.807) is 18.2 Å². The highest BCUT2D eigenvalue weighted by atomic mass is 79.9. The monoisotopic (exact) mass is 391 g/mol. The maximum atomic E-state index is 13.8. The van der Waals surface area contributed by atoms with Crippen LogP contribution in [0.15, 0.2) is 40.9 Å². The molecular formula is C18H15BrFNO3. The van der Waals surface area contributed by atoms with Gasteiger partial charge in [0.2, 0.25) is 0 Å². The highest BCUT2D eigenvalue weighted by Gasteiger charge is 2.32. The number of rotatable bonds is 2. The first-order valence-corrected chi connectivity index (χ1v) is 8.17. The second-order valence-electron chi connectivity index (χ2n) is 6.25. The molecule has 0 aliphatic carbocycles. The number of Topliss-reactive ketones (excluding diaryl/α,β-unsaturated/α-hetero) is 1. The van der Waals surface area contributed by atoms with Crippen LogP contribution in [0.1, 0.15) is 41.0 Å². The minimum atomic E-state index is -0.561. The number of carbonyl (C=O) groups is 2. The second-order valence-corrected chi connectivity index (χ2v) is 7.17. The van der Waals surface area contributed by atoms with Crippen LogP contribution in [-0.2, 0) is 0 Å². The van der Waals surface area contributed by atoms with E-state index in [1.165, 1.54) is 18.2 Å². The van der Waals surface area contributed by atoms with Gasteiger partial charge in [-0.3, -0.25) is 9.59 Å². The van der Waals surface area contributed by atoms with Crippen LogP contribution >= 0.6 is 15.9 Å². The maximum absolute atomic E-state index is 13.8. The van der Waals surface area contributed by atoms with E-state index in [9.17, 15) is 14.0 Å². The summed E-state index contributed by atoms with van der Waals surface area (Å²) >= 11 is 3.16. The molecule has 0 aromatic heterocycles. The third-order valence-corrected chi connectivity index (χ3v) is 4.19. The molecule has 1 heterocycles. The molecule has 1 aliphatic rings. The Labute approximate surface area is 147 Å². The number of benzene rings is 2. The average molecular weight is 392 g/mol. The Morgan fingerprint density at radius 2 is 2.00 bits per heavy atom. The molecule has 0 bridgehead atoms. The van der Waals surface area contributed by atoms with Crippen molar-refractivity contribution in [3.63, 3.8) is 0 Å². The predicted octanol–water partition coefficient (Wildman–Crippen LogP) is 4.58. The fraction of sp³-hybridized carbons (Fsp3) is 0.222. The minimum Gasteiger partial charge on any atom is -0.487 e. The predicted molar refractivity (Wildman–Crippen MR) is 92.1 cm³/mol. The van der Waals surface area contributed by atoms with Gasteiger partial charge in [0, 0.05) is 10.0 Å². The number of hydrogen-bond acceptors (Lipinski definition) is 3. The summed E-state index contributed by atoms with van der Waals surface area (Å²) in [6, 6.07) is 9.00. The van der Waals surface area contributed by atoms with Crippen molar-refractivity contribution in [1.82, 2.24) is 0 Å². The third kappa shape index (κ3) is 3.33. The molecule has 0 radical (unpaired) electrons. The summed E-state index contributed by atoms with van der Waals surface area (Å²) in [5.74, 6) is -0.651. The third-order valence-electron chi connectivity index (χ3n) is 3.69. The van der Waals surface area contributed by atoms with E-state index < -0.39 is 17.3 Å². The van der Waals surface area contributed by atoms with Crippen LogP contribution in [0, 0.1) is 5.82 Å². The average Bonchev–Trinajstić information content (AvgIpc) is 2.48. The zero-order chi connectivity index (χ0) is 17.5. The smallest absolute Gasteiger partial charge is 0.255 e. The van der Waals surface area contributed by atoms with Gasteiger partial charge in [-0.2, -0.15) is 0 Å². The van der Waals surface area contributed by atoms with Gasteiger partial charge >= 0.3 is 0 Å². The standard InChI is InChI=1S/C18H15BrFNO3/c1-18(2)9-15(22)12-7-10(3-6-16(12)24-18)17(23)21-14-5-4-11(19)8-13(14)20/h3-8H,9H2,1-2H3,(H,21,23). The van der Waals surface area contributed by atoms with Crippen LogP contribution in [0.5, 0.6) is 5.75 Å². The molecule has 2 aromatic rings. The van der Waals surface area contributed by atoms with E-state index in [4.69, 9.17) is 4.74 Å². The number of nitrogens with one attached hydrogen (secondary N) is 1. The van der Waals surface area contributed by atoms with Crippen molar-refractivity contribution in [3.05, 3.63) is 57.8 Å². The van der Waals surface area contributed by atoms with Gasteiger partial charge in [0.05, 0.1) is 17.7 Å². The summed E-state index contributed by atoms with van der Waals surface area (Å²) in [6.45, 7) is 3.68. The lowest BCUT2D eigenvalue weighted by Crippen LogP contribution is -2.36.